The minimum Gasteiger partial charge on any atom is -0.504 e. The molecule has 5 nitrogen and oxygen atoms in total. The highest BCUT2D eigenvalue weighted by Gasteiger charge is 2.13. The summed E-state index contributed by atoms with van der Waals surface area (Å²) in [5.41, 5.74) is -0.263. The second-order valence-electron chi connectivity index (χ2n) is 3.03. The molecule has 0 spiro atoms. The second kappa shape index (κ2) is 4.97. The molecule has 2 N–H and O–H groups in total. The average Bonchev–Trinajstić information content (AvgIpc) is 2.21. The van der Waals surface area contributed by atoms with Crippen molar-refractivity contribution in [2.75, 3.05) is 0 Å². The third-order valence-electron chi connectivity index (χ3n) is 1.75. The molecule has 0 aliphatic carbocycles. The Hall–Kier alpha value is -2.30. The topological polar surface area (TPSA) is 83.8 Å². The fourth-order valence-electron chi connectivity index (χ4n) is 0.952. The number of benzene rings is 1. The fraction of sp³-hybridized carbons (Fsp3) is 0.0909. The molecule has 0 fully saturated rings. The lowest BCUT2D eigenvalue weighted by molar-refractivity contribution is -0.138. The molecular formula is C11H10O5. The maximum absolute atomic E-state index is 11.2. The molecule has 0 heterocycles. The Morgan fingerprint density at radius 1 is 1.31 bits per heavy atom. The molecule has 0 saturated carbocycles. The van der Waals surface area contributed by atoms with Gasteiger partial charge in [0.25, 0.3) is 0 Å². The average molecular weight is 222 g/mol. The molecule has 1 rings (SSSR count). The number of carboxylic acids is 1. The molecule has 0 amide bonds. The van der Waals surface area contributed by atoms with Crippen LogP contribution in [-0.2, 0) is 9.59 Å². The second-order valence-corrected chi connectivity index (χ2v) is 3.03. The quantitative estimate of drug-likeness (QED) is 0.456. The molecule has 0 aromatic heterocycles. The molecule has 0 saturated heterocycles. The van der Waals surface area contributed by atoms with E-state index in [4.69, 9.17) is 9.84 Å². The molecule has 0 radical (unpaired) electrons. The third kappa shape index (κ3) is 3.13. The van der Waals surface area contributed by atoms with Crippen LogP contribution in [0, 0.1) is 0 Å². The van der Waals surface area contributed by atoms with E-state index in [9.17, 15) is 14.7 Å². The number of carboxylic acid groups (broad SMARTS) is 1. The number of rotatable bonds is 4. The van der Waals surface area contributed by atoms with Gasteiger partial charge < -0.3 is 14.9 Å². The molecule has 16 heavy (non-hydrogen) atoms. The van der Waals surface area contributed by atoms with E-state index >= 15 is 0 Å². The van der Waals surface area contributed by atoms with Gasteiger partial charge in [-0.2, -0.15) is 0 Å². The van der Waals surface area contributed by atoms with Crippen LogP contribution >= 0.6 is 0 Å². The number of para-hydroxylation sites is 2. The Morgan fingerprint density at radius 3 is 2.50 bits per heavy atom. The summed E-state index contributed by atoms with van der Waals surface area (Å²) in [5.74, 6) is -2.23. The number of phenolic OH excluding ortho intramolecular Hbond substituents is 1. The molecule has 1 aromatic carbocycles. The summed E-state index contributed by atoms with van der Waals surface area (Å²) in [6, 6.07) is 5.91. The Kier molecular flexibility index (Phi) is 3.66. The zero-order valence-electron chi connectivity index (χ0n) is 8.34. The van der Waals surface area contributed by atoms with Crippen molar-refractivity contribution in [1.82, 2.24) is 0 Å². The van der Waals surface area contributed by atoms with Gasteiger partial charge in [0.05, 0.1) is 6.42 Å². The largest absolute Gasteiger partial charge is 0.504 e. The molecule has 1 aromatic rings. The van der Waals surface area contributed by atoms with Gasteiger partial charge in [0.15, 0.2) is 11.5 Å². The van der Waals surface area contributed by atoms with Gasteiger partial charge >= 0.3 is 11.9 Å². The summed E-state index contributed by atoms with van der Waals surface area (Å²) in [5, 5.41) is 17.8. The number of hydrogen-bond acceptors (Lipinski definition) is 4. The molecule has 0 unspecified atom stereocenters. The highest BCUT2D eigenvalue weighted by Crippen LogP contribution is 2.24. The van der Waals surface area contributed by atoms with Crippen molar-refractivity contribution in [1.29, 1.82) is 0 Å². The van der Waals surface area contributed by atoms with Crippen LogP contribution in [0.15, 0.2) is 36.4 Å². The van der Waals surface area contributed by atoms with Crippen LogP contribution in [0.25, 0.3) is 0 Å². The molecular weight excluding hydrogens is 212 g/mol. The van der Waals surface area contributed by atoms with E-state index in [2.05, 4.69) is 6.58 Å². The molecule has 0 bridgehead atoms. The number of aromatic hydroxyl groups is 1. The van der Waals surface area contributed by atoms with E-state index in [1.165, 1.54) is 12.1 Å². The summed E-state index contributed by atoms with van der Waals surface area (Å²) in [7, 11) is 0. The number of hydrogen-bond donors (Lipinski definition) is 2. The first-order chi connectivity index (χ1) is 7.50. The minimum absolute atomic E-state index is 0.00862. The van der Waals surface area contributed by atoms with E-state index in [-0.39, 0.29) is 17.1 Å². The Balaban J connectivity index is 2.62. The van der Waals surface area contributed by atoms with E-state index in [1.807, 2.05) is 0 Å². The normalized spacial score (nSPS) is 9.50. The van der Waals surface area contributed by atoms with Gasteiger partial charge in [-0.3, -0.25) is 4.79 Å². The smallest absolute Gasteiger partial charge is 0.331 e. The van der Waals surface area contributed by atoms with Gasteiger partial charge in [0.1, 0.15) is 0 Å². The van der Waals surface area contributed by atoms with Crippen molar-refractivity contribution < 1.29 is 24.5 Å². The predicted molar refractivity (Wildman–Crippen MR) is 55.1 cm³/mol. The van der Waals surface area contributed by atoms with Crippen LogP contribution in [0.3, 0.4) is 0 Å². The predicted octanol–water partition coefficient (Wildman–Crippen LogP) is 1.33. The van der Waals surface area contributed by atoms with E-state index in [1.54, 1.807) is 12.1 Å². The Labute approximate surface area is 91.6 Å². The minimum atomic E-state index is -1.26. The first-order valence-corrected chi connectivity index (χ1v) is 4.40. The summed E-state index contributed by atoms with van der Waals surface area (Å²) >= 11 is 0. The van der Waals surface area contributed by atoms with E-state index in [0.29, 0.717) is 0 Å². The maximum atomic E-state index is 11.2. The molecule has 5 heteroatoms. The van der Waals surface area contributed by atoms with Gasteiger partial charge in [0, 0.05) is 5.57 Å². The lowest BCUT2D eigenvalue weighted by Crippen LogP contribution is -2.12. The fourth-order valence-corrected chi connectivity index (χ4v) is 0.952. The van der Waals surface area contributed by atoms with Crippen LogP contribution < -0.4 is 4.74 Å². The van der Waals surface area contributed by atoms with Gasteiger partial charge in [-0.1, -0.05) is 18.7 Å². The number of ether oxygens (including phenoxy) is 1. The lowest BCUT2D eigenvalue weighted by Gasteiger charge is -2.05. The third-order valence-corrected chi connectivity index (χ3v) is 1.75. The Morgan fingerprint density at radius 2 is 1.94 bits per heavy atom. The van der Waals surface area contributed by atoms with Crippen molar-refractivity contribution >= 4 is 11.9 Å². The Bertz CT molecular complexity index is 436. The number of carbonyl (C=O) groups is 2. The van der Waals surface area contributed by atoms with Crippen molar-refractivity contribution in [2.24, 2.45) is 0 Å². The van der Waals surface area contributed by atoms with Crippen LogP contribution in [0.5, 0.6) is 11.5 Å². The number of esters is 1. The van der Waals surface area contributed by atoms with Crippen LogP contribution in [0.1, 0.15) is 6.42 Å². The zero-order chi connectivity index (χ0) is 12.1. The SMILES string of the molecule is C=C(CC(=O)Oc1ccccc1O)C(=O)O. The van der Waals surface area contributed by atoms with Crippen LogP contribution in [-0.4, -0.2) is 22.2 Å². The van der Waals surface area contributed by atoms with Crippen molar-refractivity contribution in [2.45, 2.75) is 6.42 Å². The summed E-state index contributed by atoms with van der Waals surface area (Å²) in [6.07, 6.45) is -0.427. The lowest BCUT2D eigenvalue weighted by atomic mass is 10.2. The van der Waals surface area contributed by atoms with Crippen molar-refractivity contribution in [3.63, 3.8) is 0 Å². The van der Waals surface area contributed by atoms with E-state index < -0.39 is 18.4 Å². The number of aliphatic carboxylic acids is 1. The molecule has 84 valence electrons. The van der Waals surface area contributed by atoms with Gasteiger partial charge in [-0.05, 0) is 12.1 Å². The van der Waals surface area contributed by atoms with E-state index in [0.717, 1.165) is 0 Å². The van der Waals surface area contributed by atoms with Gasteiger partial charge in [-0.15, -0.1) is 0 Å². The standard InChI is InChI=1S/C11H10O5/c1-7(11(14)15)6-10(13)16-9-5-3-2-4-8(9)12/h2-5,12H,1,6H2,(H,14,15). The summed E-state index contributed by atoms with van der Waals surface area (Å²) in [4.78, 5) is 21.6. The van der Waals surface area contributed by atoms with Gasteiger partial charge in [0.2, 0.25) is 0 Å². The first-order valence-electron chi connectivity index (χ1n) is 4.40. The highest BCUT2D eigenvalue weighted by atomic mass is 16.5. The first kappa shape index (κ1) is 11.8. The number of carbonyl (C=O) groups excluding carboxylic acids is 1. The number of phenols is 1. The van der Waals surface area contributed by atoms with Crippen LogP contribution in [0.2, 0.25) is 0 Å². The van der Waals surface area contributed by atoms with Crippen molar-refractivity contribution in [3.8, 4) is 11.5 Å². The van der Waals surface area contributed by atoms with Crippen LogP contribution in [0.4, 0.5) is 0 Å². The zero-order valence-corrected chi connectivity index (χ0v) is 8.34. The maximum Gasteiger partial charge on any atom is 0.331 e. The summed E-state index contributed by atoms with van der Waals surface area (Å²) in [6.45, 7) is 3.20. The highest BCUT2D eigenvalue weighted by molar-refractivity contribution is 5.92. The summed E-state index contributed by atoms with van der Waals surface area (Å²) < 4.78 is 4.75. The monoisotopic (exact) mass is 222 g/mol. The molecule has 0 aliphatic rings. The molecule has 0 aliphatic heterocycles. The van der Waals surface area contributed by atoms with Gasteiger partial charge in [-0.25, -0.2) is 4.79 Å². The van der Waals surface area contributed by atoms with Crippen molar-refractivity contribution in [3.05, 3.63) is 36.4 Å². The molecule has 0 atom stereocenters.